The maximum absolute atomic E-state index is 12.2. The first-order valence-corrected chi connectivity index (χ1v) is 18.4. The van der Waals surface area contributed by atoms with E-state index in [4.69, 9.17) is 9.47 Å². The molecule has 0 amide bonds. The van der Waals surface area contributed by atoms with E-state index in [1.54, 1.807) is 42.5 Å². The molecule has 5 rings (SSSR count). The lowest BCUT2D eigenvalue weighted by Crippen LogP contribution is -2.41. The summed E-state index contributed by atoms with van der Waals surface area (Å²) in [6, 6.07) is 38.8. The average molecular weight is 697 g/mol. The number of hydrogen-bond donors (Lipinski definition) is 4. The van der Waals surface area contributed by atoms with Crippen molar-refractivity contribution in [1.29, 1.82) is 0 Å². The lowest BCUT2D eigenvalue weighted by Gasteiger charge is -2.33. The van der Waals surface area contributed by atoms with Crippen LogP contribution in [0, 0.1) is 0 Å². The molecule has 9 nitrogen and oxygen atoms in total. The molecule has 0 spiro atoms. The van der Waals surface area contributed by atoms with E-state index in [-0.39, 0.29) is 42.4 Å². The molecule has 4 N–H and O–H groups in total. The zero-order valence-electron chi connectivity index (χ0n) is 28.2. The monoisotopic (exact) mass is 696 g/mol. The summed E-state index contributed by atoms with van der Waals surface area (Å²) in [5, 5.41) is 31.2. The fourth-order valence-corrected chi connectivity index (χ4v) is 6.40. The summed E-state index contributed by atoms with van der Waals surface area (Å²) < 4.78 is 38.7. The van der Waals surface area contributed by atoms with Crippen molar-refractivity contribution in [2.75, 3.05) is 24.1 Å². The maximum atomic E-state index is 12.2. The van der Waals surface area contributed by atoms with Crippen LogP contribution in [0.3, 0.4) is 0 Å². The number of aliphatic hydroxyl groups excluding tert-OH is 1. The summed E-state index contributed by atoms with van der Waals surface area (Å²) in [5.74, 6) is 1.07. The maximum Gasteiger partial charge on any atom is 0.229 e. The highest BCUT2D eigenvalue weighted by Crippen LogP contribution is 2.34. The van der Waals surface area contributed by atoms with Crippen molar-refractivity contribution < 1.29 is 33.2 Å². The van der Waals surface area contributed by atoms with Gasteiger partial charge in [0.15, 0.2) is 0 Å². The van der Waals surface area contributed by atoms with E-state index in [1.165, 1.54) is 0 Å². The van der Waals surface area contributed by atoms with Gasteiger partial charge in [0.2, 0.25) is 10.0 Å². The Morgan fingerprint density at radius 3 is 1.86 bits per heavy atom. The number of sulfonamides is 1. The van der Waals surface area contributed by atoms with E-state index >= 15 is 0 Å². The average Bonchev–Trinajstić information content (AvgIpc) is 3.10. The standard InChI is InChI=1S/C40H44N2O7S/c1-29(23-38(32-13-17-34(43)18-14-32)33-15-19-35(44)20-16-33)42(25-30-9-5-3-6-10-30)26-36(45)28-48-37-21-22-40(39(24-37)41-50(2,46)47)49-27-31-11-7-4-8-12-31/h3-22,24,29,36,38,41,43-45H,23,25-28H2,1-2H3/t29-,36-/m1/s1. The Morgan fingerprint density at radius 1 is 0.740 bits per heavy atom. The number of rotatable bonds is 17. The number of aliphatic hydroxyl groups is 1. The van der Waals surface area contributed by atoms with Crippen LogP contribution in [0.2, 0.25) is 0 Å². The van der Waals surface area contributed by atoms with Crippen LogP contribution < -0.4 is 14.2 Å². The molecule has 0 radical (unpaired) electrons. The Bertz CT molecular complexity index is 1840. The number of nitrogens with zero attached hydrogens (tertiary/aromatic N) is 1. The molecule has 0 aliphatic carbocycles. The normalized spacial score (nSPS) is 12.8. The van der Waals surface area contributed by atoms with Crippen LogP contribution in [0.1, 0.15) is 41.5 Å². The highest BCUT2D eigenvalue weighted by atomic mass is 32.2. The summed E-state index contributed by atoms with van der Waals surface area (Å²) in [6.45, 7) is 3.25. The van der Waals surface area contributed by atoms with Gasteiger partial charge in [0.1, 0.15) is 42.3 Å². The van der Waals surface area contributed by atoms with Crippen LogP contribution in [0.5, 0.6) is 23.0 Å². The van der Waals surface area contributed by atoms with E-state index in [2.05, 4.69) is 28.7 Å². The zero-order valence-corrected chi connectivity index (χ0v) is 29.0. The van der Waals surface area contributed by atoms with Crippen molar-refractivity contribution in [3.63, 3.8) is 0 Å². The minimum atomic E-state index is -3.61. The van der Waals surface area contributed by atoms with Crippen LogP contribution in [-0.4, -0.2) is 60.2 Å². The number of phenolic OH excluding ortho intramolecular Hbond substituents is 2. The molecular formula is C40H44N2O7S. The Kier molecular flexibility index (Phi) is 12.4. The first kappa shape index (κ1) is 36.3. The highest BCUT2D eigenvalue weighted by Gasteiger charge is 2.24. The minimum absolute atomic E-state index is 0.0101. The van der Waals surface area contributed by atoms with Crippen LogP contribution in [0.25, 0.3) is 0 Å². The van der Waals surface area contributed by atoms with Crippen molar-refractivity contribution >= 4 is 15.7 Å². The summed E-state index contributed by atoms with van der Waals surface area (Å²) in [7, 11) is -3.61. The van der Waals surface area contributed by atoms with Crippen LogP contribution >= 0.6 is 0 Å². The number of hydrogen-bond acceptors (Lipinski definition) is 8. The van der Waals surface area contributed by atoms with Gasteiger partial charge in [0.05, 0.1) is 11.9 Å². The lowest BCUT2D eigenvalue weighted by molar-refractivity contribution is 0.0490. The van der Waals surface area contributed by atoms with E-state index in [0.717, 1.165) is 28.5 Å². The first-order chi connectivity index (χ1) is 24.0. The summed E-state index contributed by atoms with van der Waals surface area (Å²) in [4.78, 5) is 2.22. The van der Waals surface area contributed by atoms with Crippen molar-refractivity contribution in [2.24, 2.45) is 0 Å². The van der Waals surface area contributed by atoms with Crippen LogP contribution in [0.4, 0.5) is 5.69 Å². The third-order valence-electron chi connectivity index (χ3n) is 8.39. The molecule has 0 saturated carbocycles. The smallest absolute Gasteiger partial charge is 0.229 e. The molecule has 0 aliphatic rings. The molecule has 0 unspecified atom stereocenters. The fourth-order valence-electron chi connectivity index (χ4n) is 5.84. The van der Waals surface area contributed by atoms with Gasteiger partial charge >= 0.3 is 0 Å². The van der Waals surface area contributed by atoms with E-state index < -0.39 is 16.1 Å². The summed E-state index contributed by atoms with van der Waals surface area (Å²) in [6.07, 6.45) is 0.894. The number of phenols is 2. The minimum Gasteiger partial charge on any atom is -0.508 e. The molecule has 0 aromatic heterocycles. The van der Waals surface area contributed by atoms with Gasteiger partial charge in [-0.2, -0.15) is 0 Å². The van der Waals surface area contributed by atoms with Gasteiger partial charge in [-0.05, 0) is 72.0 Å². The SMILES string of the molecule is C[C@H](CC(c1ccc(O)cc1)c1ccc(O)cc1)N(Cc1ccccc1)C[C@@H](O)COc1ccc(OCc2ccccc2)c(NS(C)(=O)=O)c1. The van der Waals surface area contributed by atoms with Gasteiger partial charge in [-0.1, -0.05) is 84.9 Å². The molecule has 2 atom stereocenters. The van der Waals surface area contributed by atoms with Crippen molar-refractivity contribution in [2.45, 2.75) is 44.6 Å². The third kappa shape index (κ3) is 11.0. The molecule has 0 aliphatic heterocycles. The molecular weight excluding hydrogens is 653 g/mol. The van der Waals surface area contributed by atoms with Gasteiger partial charge in [-0.25, -0.2) is 8.42 Å². The van der Waals surface area contributed by atoms with Crippen molar-refractivity contribution in [1.82, 2.24) is 4.90 Å². The van der Waals surface area contributed by atoms with Gasteiger partial charge < -0.3 is 24.8 Å². The van der Waals surface area contributed by atoms with Crippen molar-refractivity contribution in [3.05, 3.63) is 150 Å². The number of ether oxygens (including phenoxy) is 2. The van der Waals surface area contributed by atoms with Gasteiger partial charge in [-0.15, -0.1) is 0 Å². The summed E-state index contributed by atoms with van der Waals surface area (Å²) >= 11 is 0. The Hall–Kier alpha value is -5.03. The zero-order chi connectivity index (χ0) is 35.5. The first-order valence-electron chi connectivity index (χ1n) is 16.5. The molecule has 50 heavy (non-hydrogen) atoms. The second-order valence-electron chi connectivity index (χ2n) is 12.5. The van der Waals surface area contributed by atoms with E-state index in [9.17, 15) is 23.7 Å². The summed E-state index contributed by atoms with van der Waals surface area (Å²) in [5.41, 5.74) is 4.33. The molecule has 0 heterocycles. The van der Waals surface area contributed by atoms with Gasteiger partial charge in [-0.3, -0.25) is 9.62 Å². The Labute approximate surface area is 294 Å². The van der Waals surface area contributed by atoms with Crippen LogP contribution in [-0.2, 0) is 23.2 Å². The molecule has 262 valence electrons. The molecule has 5 aromatic rings. The topological polar surface area (TPSA) is 129 Å². The Balaban J connectivity index is 1.30. The molecule has 0 bridgehead atoms. The number of benzene rings is 5. The lowest BCUT2D eigenvalue weighted by atomic mass is 9.85. The number of nitrogens with one attached hydrogen (secondary N) is 1. The second-order valence-corrected chi connectivity index (χ2v) is 14.3. The predicted octanol–water partition coefficient (Wildman–Crippen LogP) is 6.90. The number of anilines is 1. The highest BCUT2D eigenvalue weighted by molar-refractivity contribution is 7.92. The van der Waals surface area contributed by atoms with Gasteiger partial charge in [0.25, 0.3) is 0 Å². The van der Waals surface area contributed by atoms with Gasteiger partial charge in [0, 0.05) is 31.1 Å². The van der Waals surface area contributed by atoms with E-state index in [0.29, 0.717) is 31.0 Å². The molecule has 5 aromatic carbocycles. The predicted molar refractivity (Wildman–Crippen MR) is 196 cm³/mol. The fraction of sp³-hybridized carbons (Fsp3) is 0.250. The molecule has 0 fully saturated rings. The quantitative estimate of drug-likeness (QED) is 0.0827. The molecule has 0 saturated heterocycles. The van der Waals surface area contributed by atoms with E-state index in [1.807, 2.05) is 72.8 Å². The molecule has 10 heteroatoms. The second kappa shape index (κ2) is 17.1. The number of aromatic hydroxyl groups is 2. The van der Waals surface area contributed by atoms with Crippen LogP contribution in [0.15, 0.2) is 127 Å². The van der Waals surface area contributed by atoms with Crippen molar-refractivity contribution in [3.8, 4) is 23.0 Å². The largest absolute Gasteiger partial charge is 0.508 e. The third-order valence-corrected chi connectivity index (χ3v) is 8.98. The Morgan fingerprint density at radius 2 is 1.30 bits per heavy atom.